The number of aromatic nitrogens is 1. The molecule has 0 fully saturated rings. The average molecular weight is 412 g/mol. The lowest BCUT2D eigenvalue weighted by Crippen LogP contribution is -2.25. The highest BCUT2D eigenvalue weighted by atomic mass is 16.5. The first-order valence-corrected chi connectivity index (χ1v) is 9.17. The summed E-state index contributed by atoms with van der Waals surface area (Å²) in [7, 11) is 3.09. The minimum atomic E-state index is -0.495. The maximum atomic E-state index is 12.0. The number of pyridine rings is 1. The maximum absolute atomic E-state index is 12.0. The molecule has 0 unspecified atom stereocenters. The van der Waals surface area contributed by atoms with E-state index in [1.54, 1.807) is 38.3 Å². The molecule has 2 rings (SSSR count). The van der Waals surface area contributed by atoms with Crippen LogP contribution in [0.4, 0.5) is 0 Å². The normalized spacial score (nSPS) is 10.5. The molecule has 9 heteroatoms. The van der Waals surface area contributed by atoms with Crippen molar-refractivity contribution in [1.82, 2.24) is 10.4 Å². The van der Waals surface area contributed by atoms with E-state index in [4.69, 9.17) is 18.9 Å². The van der Waals surface area contributed by atoms with Crippen molar-refractivity contribution in [3.05, 3.63) is 46.6 Å². The second-order valence-electron chi connectivity index (χ2n) is 6.07. The number of nitriles is 1. The summed E-state index contributed by atoms with van der Waals surface area (Å²) in [6.07, 6.45) is 1.47. The molecule has 0 bridgehead atoms. The molecule has 158 valence electrons. The van der Waals surface area contributed by atoms with Gasteiger partial charge in [0, 0.05) is 18.4 Å². The number of rotatable bonds is 10. The predicted molar refractivity (Wildman–Crippen MR) is 110 cm³/mol. The molecule has 30 heavy (non-hydrogen) atoms. The van der Waals surface area contributed by atoms with Gasteiger partial charge in [0.05, 0.1) is 26.5 Å². The standard InChI is InChI=1S/C21H24N4O5/c1-5-29-19-9-15(6-7-18(19)28-4)11-23-25-20(26)13-30-21-17(10-22)16(12-27-3)8-14(2)24-21/h6-9,11H,5,12-13H2,1-4H3,(H,25,26)/b23-11-. The topological polar surface area (TPSA) is 115 Å². The van der Waals surface area contributed by atoms with Crippen molar-refractivity contribution in [3.8, 4) is 23.4 Å². The molecule has 0 aliphatic carbocycles. The average Bonchev–Trinajstić information content (AvgIpc) is 2.73. The molecule has 2 aromatic rings. The van der Waals surface area contributed by atoms with Crippen molar-refractivity contribution in [2.75, 3.05) is 27.4 Å². The molecular formula is C21H24N4O5. The van der Waals surface area contributed by atoms with Gasteiger partial charge >= 0.3 is 0 Å². The van der Waals surface area contributed by atoms with Gasteiger partial charge in [0.15, 0.2) is 18.1 Å². The summed E-state index contributed by atoms with van der Waals surface area (Å²) in [6.45, 7) is 4.03. The zero-order valence-electron chi connectivity index (χ0n) is 17.4. The zero-order chi connectivity index (χ0) is 21.9. The van der Waals surface area contributed by atoms with E-state index in [9.17, 15) is 10.1 Å². The summed E-state index contributed by atoms with van der Waals surface area (Å²) in [5, 5.41) is 13.3. The summed E-state index contributed by atoms with van der Waals surface area (Å²) in [6, 6.07) is 9.06. The van der Waals surface area contributed by atoms with E-state index in [-0.39, 0.29) is 24.7 Å². The van der Waals surface area contributed by atoms with Crippen LogP contribution in [0.3, 0.4) is 0 Å². The molecule has 0 saturated carbocycles. The largest absolute Gasteiger partial charge is 0.493 e. The third-order valence-electron chi connectivity index (χ3n) is 3.84. The number of carbonyl (C=O) groups excluding carboxylic acids is 1. The summed E-state index contributed by atoms with van der Waals surface area (Å²) in [5.41, 5.74) is 4.62. The Balaban J connectivity index is 1.99. The number of amides is 1. The lowest BCUT2D eigenvalue weighted by atomic mass is 10.1. The Morgan fingerprint density at radius 3 is 2.73 bits per heavy atom. The molecule has 0 spiro atoms. The molecular weight excluding hydrogens is 388 g/mol. The molecule has 9 nitrogen and oxygen atoms in total. The highest BCUT2D eigenvalue weighted by Crippen LogP contribution is 2.27. The Hall–Kier alpha value is -3.64. The lowest BCUT2D eigenvalue weighted by molar-refractivity contribution is -0.123. The molecule has 1 N–H and O–H groups in total. The van der Waals surface area contributed by atoms with Crippen LogP contribution in [0.2, 0.25) is 0 Å². The highest BCUT2D eigenvalue weighted by molar-refractivity contribution is 5.83. The second-order valence-corrected chi connectivity index (χ2v) is 6.07. The van der Waals surface area contributed by atoms with Crippen LogP contribution in [-0.2, 0) is 16.1 Å². The molecule has 1 heterocycles. The van der Waals surface area contributed by atoms with Gasteiger partial charge in [0.25, 0.3) is 5.91 Å². The van der Waals surface area contributed by atoms with Crippen LogP contribution < -0.4 is 19.6 Å². The smallest absolute Gasteiger partial charge is 0.278 e. The van der Waals surface area contributed by atoms with Crippen LogP contribution in [0.1, 0.15) is 29.3 Å². The fourth-order valence-corrected chi connectivity index (χ4v) is 2.59. The summed E-state index contributed by atoms with van der Waals surface area (Å²) < 4.78 is 21.3. The Morgan fingerprint density at radius 1 is 1.27 bits per heavy atom. The van der Waals surface area contributed by atoms with Gasteiger partial charge in [0.2, 0.25) is 5.88 Å². The Morgan fingerprint density at radius 2 is 2.07 bits per heavy atom. The Bertz CT molecular complexity index is 953. The van der Waals surface area contributed by atoms with Crippen molar-refractivity contribution < 1.29 is 23.7 Å². The minimum Gasteiger partial charge on any atom is -0.493 e. The number of hydrogen-bond acceptors (Lipinski definition) is 8. The van der Waals surface area contributed by atoms with Gasteiger partial charge in [-0.05, 0) is 43.7 Å². The van der Waals surface area contributed by atoms with Crippen molar-refractivity contribution in [2.24, 2.45) is 5.10 Å². The fraction of sp³-hybridized carbons (Fsp3) is 0.333. The van der Waals surface area contributed by atoms with Crippen LogP contribution in [0, 0.1) is 18.3 Å². The van der Waals surface area contributed by atoms with E-state index in [1.165, 1.54) is 13.3 Å². The van der Waals surface area contributed by atoms with Crippen molar-refractivity contribution in [3.63, 3.8) is 0 Å². The quantitative estimate of drug-likeness (QED) is 0.470. The first-order valence-electron chi connectivity index (χ1n) is 9.17. The van der Waals surface area contributed by atoms with E-state index in [1.807, 2.05) is 13.0 Å². The third kappa shape index (κ3) is 6.18. The summed E-state index contributed by atoms with van der Waals surface area (Å²) >= 11 is 0. The van der Waals surface area contributed by atoms with Crippen molar-refractivity contribution >= 4 is 12.1 Å². The second kappa shape index (κ2) is 11.4. The first-order chi connectivity index (χ1) is 14.5. The number of nitrogens with zero attached hydrogens (tertiary/aromatic N) is 3. The summed E-state index contributed by atoms with van der Waals surface area (Å²) in [4.78, 5) is 16.2. The van der Waals surface area contributed by atoms with Gasteiger partial charge in [-0.15, -0.1) is 0 Å². The van der Waals surface area contributed by atoms with Gasteiger partial charge in [-0.1, -0.05) is 0 Å². The maximum Gasteiger partial charge on any atom is 0.278 e. The van der Waals surface area contributed by atoms with E-state index in [2.05, 4.69) is 15.5 Å². The van der Waals surface area contributed by atoms with Crippen LogP contribution in [0.15, 0.2) is 29.4 Å². The molecule has 0 aliphatic heterocycles. The molecule has 0 atom stereocenters. The fourth-order valence-electron chi connectivity index (χ4n) is 2.59. The molecule has 1 aromatic carbocycles. The number of aryl methyl sites for hydroxylation is 1. The Kier molecular flexibility index (Phi) is 8.59. The number of hydrogen-bond donors (Lipinski definition) is 1. The van der Waals surface area contributed by atoms with E-state index in [0.717, 1.165) is 5.56 Å². The van der Waals surface area contributed by atoms with E-state index < -0.39 is 5.91 Å². The number of ether oxygens (including phenoxy) is 4. The predicted octanol–water partition coefficient (Wildman–Crippen LogP) is 2.34. The SMILES string of the molecule is CCOc1cc(/C=N\NC(=O)COc2nc(C)cc(COC)c2C#N)ccc1OC. The number of hydrazone groups is 1. The monoisotopic (exact) mass is 412 g/mol. The van der Waals surface area contributed by atoms with E-state index >= 15 is 0 Å². The van der Waals surface area contributed by atoms with Crippen molar-refractivity contribution in [1.29, 1.82) is 5.26 Å². The van der Waals surface area contributed by atoms with Crippen LogP contribution >= 0.6 is 0 Å². The van der Waals surface area contributed by atoms with Crippen LogP contribution in [-0.4, -0.2) is 44.5 Å². The van der Waals surface area contributed by atoms with Gasteiger partial charge in [-0.25, -0.2) is 10.4 Å². The van der Waals surface area contributed by atoms with Crippen LogP contribution in [0.5, 0.6) is 17.4 Å². The highest BCUT2D eigenvalue weighted by Gasteiger charge is 2.14. The molecule has 0 aliphatic rings. The van der Waals surface area contributed by atoms with Gasteiger partial charge < -0.3 is 18.9 Å². The van der Waals surface area contributed by atoms with Crippen molar-refractivity contribution in [2.45, 2.75) is 20.5 Å². The number of methoxy groups -OCH3 is 2. The van der Waals surface area contributed by atoms with E-state index in [0.29, 0.717) is 29.4 Å². The molecule has 1 aromatic heterocycles. The minimum absolute atomic E-state index is 0.0835. The lowest BCUT2D eigenvalue weighted by Gasteiger charge is -2.10. The first kappa shape index (κ1) is 22.6. The Labute approximate surface area is 175 Å². The number of nitrogens with one attached hydrogen (secondary N) is 1. The summed E-state index contributed by atoms with van der Waals surface area (Å²) in [5.74, 6) is 0.781. The zero-order valence-corrected chi connectivity index (χ0v) is 17.4. The van der Waals surface area contributed by atoms with Gasteiger partial charge in [-0.3, -0.25) is 4.79 Å². The molecule has 0 saturated heterocycles. The van der Waals surface area contributed by atoms with Gasteiger partial charge in [-0.2, -0.15) is 10.4 Å². The molecule has 1 amide bonds. The third-order valence-corrected chi connectivity index (χ3v) is 3.84. The van der Waals surface area contributed by atoms with Crippen LogP contribution in [0.25, 0.3) is 0 Å². The molecule has 0 radical (unpaired) electrons. The number of benzene rings is 1. The van der Waals surface area contributed by atoms with Gasteiger partial charge in [0.1, 0.15) is 11.6 Å². The number of carbonyl (C=O) groups is 1.